The highest BCUT2D eigenvalue weighted by Crippen LogP contribution is 2.23. The predicted molar refractivity (Wildman–Crippen MR) is 68.6 cm³/mol. The van der Waals surface area contributed by atoms with Crippen LogP contribution in [0.1, 0.15) is 24.0 Å². The van der Waals surface area contributed by atoms with Crippen molar-refractivity contribution < 1.29 is 0 Å². The van der Waals surface area contributed by atoms with Crippen LogP contribution in [0, 0.1) is 18.3 Å². The van der Waals surface area contributed by atoms with Gasteiger partial charge in [-0.25, -0.2) is 0 Å². The van der Waals surface area contributed by atoms with E-state index >= 15 is 0 Å². The van der Waals surface area contributed by atoms with Gasteiger partial charge >= 0.3 is 0 Å². The van der Waals surface area contributed by atoms with E-state index in [1.807, 2.05) is 38.2 Å². The van der Waals surface area contributed by atoms with E-state index in [0.717, 1.165) is 36.2 Å². The van der Waals surface area contributed by atoms with Crippen LogP contribution in [0.4, 0.5) is 5.69 Å². The SMILES string of the molecule is C=CCCCN(C)c1c(C)cccc1C#N. The van der Waals surface area contributed by atoms with Gasteiger partial charge in [0.25, 0.3) is 0 Å². The number of hydrogen-bond donors (Lipinski definition) is 0. The van der Waals surface area contributed by atoms with Gasteiger partial charge in [-0.3, -0.25) is 0 Å². The lowest BCUT2D eigenvalue weighted by Gasteiger charge is -2.22. The quantitative estimate of drug-likeness (QED) is 0.555. The molecule has 2 nitrogen and oxygen atoms in total. The summed E-state index contributed by atoms with van der Waals surface area (Å²) in [6.07, 6.45) is 4.01. The van der Waals surface area contributed by atoms with Crippen molar-refractivity contribution in [1.82, 2.24) is 0 Å². The van der Waals surface area contributed by atoms with Gasteiger partial charge in [0.2, 0.25) is 0 Å². The molecule has 0 saturated heterocycles. The molecule has 0 bridgehead atoms. The molecule has 0 aliphatic rings. The van der Waals surface area contributed by atoms with E-state index in [2.05, 4.69) is 17.5 Å². The van der Waals surface area contributed by atoms with Gasteiger partial charge in [0.15, 0.2) is 0 Å². The summed E-state index contributed by atoms with van der Waals surface area (Å²) >= 11 is 0. The van der Waals surface area contributed by atoms with Crippen LogP contribution in [0.2, 0.25) is 0 Å². The number of rotatable bonds is 5. The Labute approximate surface area is 97.8 Å². The zero-order valence-electron chi connectivity index (χ0n) is 10.0. The third kappa shape index (κ3) is 2.87. The van der Waals surface area contributed by atoms with E-state index in [1.54, 1.807) is 0 Å². The molecule has 0 N–H and O–H groups in total. The number of allylic oxidation sites excluding steroid dienone is 1. The molecule has 0 aromatic heterocycles. The van der Waals surface area contributed by atoms with Crippen molar-refractivity contribution in [1.29, 1.82) is 5.26 Å². The summed E-state index contributed by atoms with van der Waals surface area (Å²) in [6, 6.07) is 8.08. The molecule has 84 valence electrons. The molecule has 0 fully saturated rings. The van der Waals surface area contributed by atoms with Crippen molar-refractivity contribution in [3.8, 4) is 6.07 Å². The molecule has 16 heavy (non-hydrogen) atoms. The molecule has 0 heterocycles. The summed E-state index contributed by atoms with van der Waals surface area (Å²) in [5.41, 5.74) is 2.95. The van der Waals surface area contributed by atoms with Crippen LogP contribution >= 0.6 is 0 Å². The van der Waals surface area contributed by atoms with Crippen LogP contribution in [-0.4, -0.2) is 13.6 Å². The van der Waals surface area contributed by atoms with Crippen LogP contribution < -0.4 is 4.90 Å². The molecule has 1 aromatic carbocycles. The van der Waals surface area contributed by atoms with Gasteiger partial charge in [-0.1, -0.05) is 18.2 Å². The molecule has 0 amide bonds. The minimum Gasteiger partial charge on any atom is -0.373 e. The number of anilines is 1. The van der Waals surface area contributed by atoms with E-state index < -0.39 is 0 Å². The second-order valence-corrected chi connectivity index (χ2v) is 3.94. The molecule has 0 unspecified atom stereocenters. The Hall–Kier alpha value is -1.75. The lowest BCUT2D eigenvalue weighted by molar-refractivity contribution is 0.799. The normalized spacial score (nSPS) is 9.56. The zero-order chi connectivity index (χ0) is 12.0. The summed E-state index contributed by atoms with van der Waals surface area (Å²) in [7, 11) is 2.03. The standard InChI is InChI=1S/C14H18N2/c1-4-5-6-10-16(3)14-12(2)8-7-9-13(14)11-15/h4,7-9H,1,5-6,10H2,2-3H3. The van der Waals surface area contributed by atoms with Crippen molar-refractivity contribution in [3.63, 3.8) is 0 Å². The van der Waals surface area contributed by atoms with Gasteiger partial charge in [0.05, 0.1) is 11.3 Å². The van der Waals surface area contributed by atoms with Crippen molar-refractivity contribution >= 4 is 5.69 Å². The van der Waals surface area contributed by atoms with Crippen LogP contribution in [0.3, 0.4) is 0 Å². The molecular formula is C14H18N2. The Morgan fingerprint density at radius 3 is 2.88 bits per heavy atom. The molecule has 0 spiro atoms. The van der Waals surface area contributed by atoms with E-state index in [-0.39, 0.29) is 0 Å². The maximum atomic E-state index is 9.07. The van der Waals surface area contributed by atoms with Crippen molar-refractivity contribution in [2.24, 2.45) is 0 Å². The van der Waals surface area contributed by atoms with Crippen LogP contribution in [0.25, 0.3) is 0 Å². The third-order valence-electron chi connectivity index (χ3n) is 2.64. The van der Waals surface area contributed by atoms with E-state index in [9.17, 15) is 0 Å². The molecule has 0 radical (unpaired) electrons. The number of nitrogens with zero attached hydrogens (tertiary/aromatic N) is 2. The first-order valence-electron chi connectivity index (χ1n) is 5.52. The molecule has 0 aliphatic heterocycles. The Kier molecular flexibility index (Phi) is 4.60. The number of para-hydroxylation sites is 1. The fraction of sp³-hybridized carbons (Fsp3) is 0.357. The first-order chi connectivity index (χ1) is 7.70. The summed E-state index contributed by atoms with van der Waals surface area (Å²) < 4.78 is 0. The van der Waals surface area contributed by atoms with Gasteiger partial charge in [-0.2, -0.15) is 5.26 Å². The fourth-order valence-electron chi connectivity index (χ4n) is 1.84. The Morgan fingerprint density at radius 1 is 1.50 bits per heavy atom. The highest BCUT2D eigenvalue weighted by Gasteiger charge is 2.09. The Morgan fingerprint density at radius 2 is 2.25 bits per heavy atom. The largest absolute Gasteiger partial charge is 0.373 e. The smallest absolute Gasteiger partial charge is 0.101 e. The van der Waals surface area contributed by atoms with Gasteiger partial charge < -0.3 is 4.90 Å². The number of benzene rings is 1. The summed E-state index contributed by atoms with van der Waals surface area (Å²) in [5.74, 6) is 0. The first-order valence-corrected chi connectivity index (χ1v) is 5.52. The molecule has 1 aromatic rings. The van der Waals surface area contributed by atoms with Crippen LogP contribution in [0.5, 0.6) is 0 Å². The maximum Gasteiger partial charge on any atom is 0.101 e. The van der Waals surface area contributed by atoms with Gasteiger partial charge in [0, 0.05) is 13.6 Å². The molecular weight excluding hydrogens is 196 g/mol. The topological polar surface area (TPSA) is 27.0 Å². The first kappa shape index (κ1) is 12.3. The number of hydrogen-bond acceptors (Lipinski definition) is 2. The monoisotopic (exact) mass is 214 g/mol. The van der Waals surface area contributed by atoms with Crippen molar-refractivity contribution in [2.75, 3.05) is 18.5 Å². The average Bonchev–Trinajstić information content (AvgIpc) is 2.28. The van der Waals surface area contributed by atoms with Gasteiger partial charge in [-0.15, -0.1) is 6.58 Å². The molecule has 0 atom stereocenters. The van der Waals surface area contributed by atoms with Crippen LogP contribution in [0.15, 0.2) is 30.9 Å². The number of nitriles is 1. The van der Waals surface area contributed by atoms with Crippen molar-refractivity contribution in [2.45, 2.75) is 19.8 Å². The zero-order valence-corrected chi connectivity index (χ0v) is 10.0. The lowest BCUT2D eigenvalue weighted by atomic mass is 10.1. The summed E-state index contributed by atoms with van der Waals surface area (Å²) in [6.45, 7) is 6.70. The van der Waals surface area contributed by atoms with E-state index in [0.29, 0.717) is 0 Å². The minimum absolute atomic E-state index is 0.751. The van der Waals surface area contributed by atoms with Crippen LogP contribution in [-0.2, 0) is 0 Å². The average molecular weight is 214 g/mol. The highest BCUT2D eigenvalue weighted by atomic mass is 15.1. The van der Waals surface area contributed by atoms with Crippen molar-refractivity contribution in [3.05, 3.63) is 42.0 Å². The van der Waals surface area contributed by atoms with Gasteiger partial charge in [-0.05, 0) is 31.4 Å². The Balaban J connectivity index is 2.85. The summed E-state index contributed by atoms with van der Waals surface area (Å²) in [4.78, 5) is 2.15. The second kappa shape index (κ2) is 5.97. The highest BCUT2D eigenvalue weighted by molar-refractivity contribution is 5.63. The summed E-state index contributed by atoms with van der Waals surface area (Å²) in [5, 5.41) is 9.07. The molecule has 1 rings (SSSR count). The predicted octanol–water partition coefficient (Wildman–Crippen LogP) is 3.27. The van der Waals surface area contributed by atoms with E-state index in [4.69, 9.17) is 5.26 Å². The lowest BCUT2D eigenvalue weighted by Crippen LogP contribution is -2.20. The molecule has 2 heteroatoms. The third-order valence-corrected chi connectivity index (χ3v) is 2.64. The van der Waals surface area contributed by atoms with Gasteiger partial charge in [0.1, 0.15) is 6.07 Å². The fourth-order valence-corrected chi connectivity index (χ4v) is 1.84. The molecule has 0 saturated carbocycles. The minimum atomic E-state index is 0.751. The number of aryl methyl sites for hydroxylation is 1. The van der Waals surface area contributed by atoms with E-state index in [1.165, 1.54) is 0 Å². The molecule has 0 aliphatic carbocycles. The maximum absolute atomic E-state index is 9.07. The second-order valence-electron chi connectivity index (χ2n) is 3.94. The Bertz CT molecular complexity index is 402. The number of unbranched alkanes of at least 4 members (excludes halogenated alkanes) is 1.